The molecule has 4 nitrogen and oxygen atoms in total. The lowest BCUT2D eigenvalue weighted by Gasteiger charge is -1.93. The quantitative estimate of drug-likeness (QED) is 0.775. The molecule has 0 amide bonds. The van der Waals surface area contributed by atoms with Gasteiger partial charge in [0.1, 0.15) is 5.69 Å². The highest BCUT2D eigenvalue weighted by molar-refractivity contribution is 6.31. The summed E-state index contributed by atoms with van der Waals surface area (Å²) < 4.78 is 0. The molecule has 5 heteroatoms. The van der Waals surface area contributed by atoms with E-state index in [1.54, 1.807) is 30.6 Å². The molecule has 0 N–H and O–H groups in total. The molecule has 0 saturated carbocycles. The molecule has 15 heavy (non-hydrogen) atoms. The molecule has 0 aliphatic heterocycles. The van der Waals surface area contributed by atoms with Crippen LogP contribution in [-0.2, 0) is 0 Å². The maximum atomic E-state index is 5.90. The predicted molar refractivity (Wildman–Crippen MR) is 58.0 cm³/mol. The molecular weight excluding hydrogens is 212 g/mol. The number of hydrogen-bond acceptors (Lipinski definition) is 4. The van der Waals surface area contributed by atoms with Gasteiger partial charge in [-0.25, -0.2) is 0 Å². The highest BCUT2D eigenvalue weighted by Gasteiger charge is 1.96. The largest absolute Gasteiger partial charge is 0.159 e. The summed E-state index contributed by atoms with van der Waals surface area (Å²) >= 11 is 5.90. The Labute approximate surface area is 91.6 Å². The van der Waals surface area contributed by atoms with E-state index >= 15 is 0 Å². The zero-order valence-electron chi connectivity index (χ0n) is 7.71. The van der Waals surface area contributed by atoms with E-state index in [2.05, 4.69) is 20.4 Å². The number of hydrogen-bond donors (Lipinski definition) is 0. The van der Waals surface area contributed by atoms with Crippen molar-refractivity contribution >= 4 is 23.8 Å². The van der Waals surface area contributed by atoms with Gasteiger partial charge in [-0.1, -0.05) is 11.6 Å². The first-order chi connectivity index (χ1) is 7.36. The van der Waals surface area contributed by atoms with E-state index in [4.69, 9.17) is 11.6 Å². The Morgan fingerprint density at radius 2 is 1.87 bits per heavy atom. The Bertz CT molecular complexity index is 470. The molecule has 2 rings (SSSR count). The smallest absolute Gasteiger partial charge is 0.104 e. The van der Waals surface area contributed by atoms with Crippen LogP contribution in [-0.4, -0.2) is 20.4 Å². The van der Waals surface area contributed by atoms with E-state index < -0.39 is 0 Å². The first-order valence-corrected chi connectivity index (χ1v) is 4.67. The van der Waals surface area contributed by atoms with Crippen molar-refractivity contribution in [3.8, 4) is 0 Å². The third-order valence-electron chi connectivity index (χ3n) is 1.70. The molecule has 2 aromatic heterocycles. The molecule has 0 fully saturated rings. The van der Waals surface area contributed by atoms with Crippen molar-refractivity contribution in [3.05, 3.63) is 47.0 Å². The molecule has 0 aromatic carbocycles. The normalized spacial score (nSPS) is 10.7. The average Bonchev–Trinajstić information content (AvgIpc) is 2.29. The Hall–Kier alpha value is -1.81. The van der Waals surface area contributed by atoms with Crippen LogP contribution in [0.1, 0.15) is 11.4 Å². The summed E-state index contributed by atoms with van der Waals surface area (Å²) in [7, 11) is 0. The van der Waals surface area contributed by atoms with Crippen LogP contribution in [0.2, 0.25) is 5.02 Å². The minimum atomic E-state index is 0.560. The molecule has 0 saturated heterocycles. The van der Waals surface area contributed by atoms with E-state index in [9.17, 15) is 0 Å². The van der Waals surface area contributed by atoms with Crippen LogP contribution in [0.4, 0.5) is 0 Å². The van der Waals surface area contributed by atoms with E-state index in [1.165, 1.54) is 0 Å². The fraction of sp³-hybridized carbons (Fsp3) is 0. The third-order valence-corrected chi connectivity index (χ3v) is 2.02. The Kier molecular flexibility index (Phi) is 2.99. The van der Waals surface area contributed by atoms with Gasteiger partial charge in [0.15, 0.2) is 0 Å². The maximum Gasteiger partial charge on any atom is 0.104 e. The number of halogens is 1. The molecular formula is C10H7ClN4. The van der Waals surface area contributed by atoms with Crippen molar-refractivity contribution in [1.29, 1.82) is 0 Å². The molecule has 0 aliphatic rings. The van der Waals surface area contributed by atoms with Gasteiger partial charge in [0.05, 0.1) is 16.9 Å². The fourth-order valence-electron chi connectivity index (χ4n) is 1.01. The van der Waals surface area contributed by atoms with Crippen LogP contribution in [0.3, 0.4) is 0 Å². The fourth-order valence-corrected chi connectivity index (χ4v) is 1.16. The topological polar surface area (TPSA) is 51.6 Å². The summed E-state index contributed by atoms with van der Waals surface area (Å²) in [6.45, 7) is 0. The van der Waals surface area contributed by atoms with Gasteiger partial charge in [-0.3, -0.25) is 0 Å². The van der Waals surface area contributed by atoms with E-state index in [1.807, 2.05) is 12.1 Å². The van der Waals surface area contributed by atoms with E-state index in [0.717, 1.165) is 5.69 Å². The lowest BCUT2D eigenvalue weighted by molar-refractivity contribution is 1.01. The second kappa shape index (κ2) is 4.61. The molecule has 2 heterocycles. The minimum Gasteiger partial charge on any atom is -0.159 e. The molecule has 0 aliphatic carbocycles. The summed E-state index contributed by atoms with van der Waals surface area (Å²) in [6, 6.07) is 5.34. The van der Waals surface area contributed by atoms with Gasteiger partial charge >= 0.3 is 0 Å². The summed E-state index contributed by atoms with van der Waals surface area (Å²) in [4.78, 5) is 0. The molecule has 0 spiro atoms. The highest BCUT2D eigenvalue weighted by Crippen LogP contribution is 2.13. The number of aromatic nitrogens is 4. The van der Waals surface area contributed by atoms with Crippen molar-refractivity contribution in [3.63, 3.8) is 0 Å². The van der Waals surface area contributed by atoms with E-state index in [0.29, 0.717) is 10.7 Å². The van der Waals surface area contributed by atoms with Gasteiger partial charge in [0.2, 0.25) is 0 Å². The van der Waals surface area contributed by atoms with Crippen LogP contribution in [0.25, 0.3) is 12.2 Å². The van der Waals surface area contributed by atoms with Crippen LogP contribution in [0.15, 0.2) is 30.6 Å². The number of rotatable bonds is 2. The van der Waals surface area contributed by atoms with Gasteiger partial charge in [-0.05, 0) is 30.4 Å². The third kappa shape index (κ3) is 2.57. The van der Waals surface area contributed by atoms with E-state index in [-0.39, 0.29) is 0 Å². The van der Waals surface area contributed by atoms with Crippen molar-refractivity contribution in [2.75, 3.05) is 0 Å². The molecule has 74 valence electrons. The van der Waals surface area contributed by atoms with Crippen LogP contribution >= 0.6 is 11.6 Å². The summed E-state index contributed by atoms with van der Waals surface area (Å²) in [5, 5.41) is 15.8. The molecule has 2 aromatic rings. The molecule has 0 radical (unpaired) electrons. The predicted octanol–water partition coefficient (Wildman–Crippen LogP) is 2.09. The number of nitrogens with zero attached hydrogens (tertiary/aromatic N) is 4. The Morgan fingerprint density at radius 1 is 1.00 bits per heavy atom. The van der Waals surface area contributed by atoms with Crippen molar-refractivity contribution in [2.45, 2.75) is 0 Å². The van der Waals surface area contributed by atoms with Crippen LogP contribution in [0.5, 0.6) is 0 Å². The monoisotopic (exact) mass is 218 g/mol. The maximum absolute atomic E-state index is 5.90. The minimum absolute atomic E-state index is 0.560. The second-order valence-corrected chi connectivity index (χ2v) is 3.15. The zero-order valence-corrected chi connectivity index (χ0v) is 8.46. The van der Waals surface area contributed by atoms with Crippen molar-refractivity contribution < 1.29 is 0 Å². The SMILES string of the molecule is Clc1ccnnc1/C=C/c1cccnn1. The van der Waals surface area contributed by atoms with Gasteiger partial charge in [0, 0.05) is 6.20 Å². The first kappa shape index (κ1) is 9.73. The van der Waals surface area contributed by atoms with Crippen LogP contribution in [0, 0.1) is 0 Å². The second-order valence-electron chi connectivity index (χ2n) is 2.75. The summed E-state index contributed by atoms with van der Waals surface area (Å²) in [5.74, 6) is 0. The van der Waals surface area contributed by atoms with Crippen LogP contribution < -0.4 is 0 Å². The van der Waals surface area contributed by atoms with Gasteiger partial charge in [0.25, 0.3) is 0 Å². The lowest BCUT2D eigenvalue weighted by Crippen LogP contribution is -1.86. The molecule has 0 atom stereocenters. The Balaban J connectivity index is 2.23. The highest BCUT2D eigenvalue weighted by atomic mass is 35.5. The summed E-state index contributed by atoms with van der Waals surface area (Å²) in [6.07, 6.45) is 6.69. The van der Waals surface area contributed by atoms with Gasteiger partial charge < -0.3 is 0 Å². The Morgan fingerprint density at radius 3 is 2.60 bits per heavy atom. The molecule has 0 unspecified atom stereocenters. The lowest BCUT2D eigenvalue weighted by atomic mass is 10.3. The first-order valence-electron chi connectivity index (χ1n) is 4.29. The van der Waals surface area contributed by atoms with Gasteiger partial charge in [-0.15, -0.1) is 5.10 Å². The molecule has 0 bridgehead atoms. The standard InChI is InChI=1S/C10H7ClN4/c11-9-5-7-13-15-10(9)4-3-8-2-1-6-12-14-8/h1-7H/b4-3+. The van der Waals surface area contributed by atoms with Crippen molar-refractivity contribution in [1.82, 2.24) is 20.4 Å². The zero-order chi connectivity index (χ0) is 10.5. The summed E-state index contributed by atoms with van der Waals surface area (Å²) in [5.41, 5.74) is 1.36. The average molecular weight is 219 g/mol. The van der Waals surface area contributed by atoms with Crippen molar-refractivity contribution in [2.24, 2.45) is 0 Å². The van der Waals surface area contributed by atoms with Gasteiger partial charge in [-0.2, -0.15) is 15.3 Å².